The largest absolute Gasteiger partial charge is 0.497 e. The van der Waals surface area contributed by atoms with Crippen LogP contribution in [0.2, 0.25) is 0 Å². The predicted molar refractivity (Wildman–Crippen MR) is 88.2 cm³/mol. The summed E-state index contributed by atoms with van der Waals surface area (Å²) in [4.78, 5) is 23.5. The second-order valence-corrected chi connectivity index (χ2v) is 4.79. The number of hydrogen-bond donors (Lipinski definition) is 1. The highest BCUT2D eigenvalue weighted by atomic mass is 16.6. The van der Waals surface area contributed by atoms with Crippen molar-refractivity contribution in [3.8, 4) is 11.5 Å². The number of esters is 1. The van der Waals surface area contributed by atoms with E-state index in [0.717, 1.165) is 0 Å². The normalized spacial score (nSPS) is 9.88. The molecule has 1 amide bonds. The molecule has 0 spiro atoms. The topological polar surface area (TPSA) is 73.9 Å². The van der Waals surface area contributed by atoms with Crippen LogP contribution >= 0.6 is 0 Å². The molecule has 0 aromatic heterocycles. The van der Waals surface area contributed by atoms with E-state index in [-0.39, 0.29) is 25.7 Å². The minimum Gasteiger partial charge on any atom is -0.497 e. The molecule has 24 heavy (non-hydrogen) atoms. The summed E-state index contributed by atoms with van der Waals surface area (Å²) in [6, 6.07) is 15.8. The van der Waals surface area contributed by atoms with Crippen LogP contribution in [0.5, 0.6) is 11.5 Å². The lowest BCUT2D eigenvalue weighted by atomic mass is 10.2. The first-order valence-electron chi connectivity index (χ1n) is 7.45. The van der Waals surface area contributed by atoms with E-state index in [1.165, 1.54) is 0 Å². The van der Waals surface area contributed by atoms with Gasteiger partial charge in [0.1, 0.15) is 31.3 Å². The standard InChI is InChI=1S/C18H19NO5/c1-22-15-9-7-14(8-10-15)18(21)19-13-17(20)24-12-11-23-16-5-3-2-4-6-16/h2-10H,11-13H2,1H3,(H,19,21). The van der Waals surface area contributed by atoms with Crippen LogP contribution in [0.4, 0.5) is 0 Å². The van der Waals surface area contributed by atoms with Crippen LogP contribution in [0, 0.1) is 0 Å². The van der Waals surface area contributed by atoms with Gasteiger partial charge in [-0.2, -0.15) is 0 Å². The number of nitrogens with one attached hydrogen (secondary N) is 1. The van der Waals surface area contributed by atoms with Crippen molar-refractivity contribution in [1.29, 1.82) is 0 Å². The second-order valence-electron chi connectivity index (χ2n) is 4.79. The summed E-state index contributed by atoms with van der Waals surface area (Å²) in [5, 5.41) is 2.50. The average molecular weight is 329 g/mol. The maximum atomic E-state index is 11.9. The molecule has 2 aromatic carbocycles. The van der Waals surface area contributed by atoms with Crippen molar-refractivity contribution in [2.75, 3.05) is 26.9 Å². The van der Waals surface area contributed by atoms with Gasteiger partial charge < -0.3 is 19.5 Å². The molecule has 1 N–H and O–H groups in total. The lowest BCUT2D eigenvalue weighted by Gasteiger charge is -2.08. The number of amides is 1. The Labute approximate surface area is 140 Å². The van der Waals surface area contributed by atoms with Gasteiger partial charge in [0.05, 0.1) is 7.11 Å². The van der Waals surface area contributed by atoms with E-state index in [1.54, 1.807) is 31.4 Å². The van der Waals surface area contributed by atoms with E-state index >= 15 is 0 Å². The number of hydrogen-bond acceptors (Lipinski definition) is 5. The first-order valence-corrected chi connectivity index (χ1v) is 7.45. The fourth-order valence-electron chi connectivity index (χ4n) is 1.88. The predicted octanol–water partition coefficient (Wildman–Crippen LogP) is 2.05. The van der Waals surface area contributed by atoms with Crippen molar-refractivity contribution in [2.45, 2.75) is 0 Å². The molecular formula is C18H19NO5. The number of ether oxygens (including phenoxy) is 3. The molecule has 6 heteroatoms. The van der Waals surface area contributed by atoms with Crippen molar-refractivity contribution in [3.63, 3.8) is 0 Å². The Hall–Kier alpha value is -3.02. The van der Waals surface area contributed by atoms with Gasteiger partial charge in [-0.15, -0.1) is 0 Å². The second kappa shape index (κ2) is 9.19. The molecule has 0 heterocycles. The Bertz CT molecular complexity index is 655. The summed E-state index contributed by atoms with van der Waals surface area (Å²) in [6.45, 7) is 0.171. The van der Waals surface area contributed by atoms with Crippen LogP contribution in [0.1, 0.15) is 10.4 Å². The van der Waals surface area contributed by atoms with Gasteiger partial charge in [-0.1, -0.05) is 18.2 Å². The van der Waals surface area contributed by atoms with Gasteiger partial charge in [0.15, 0.2) is 0 Å². The molecule has 126 valence electrons. The van der Waals surface area contributed by atoms with Crippen LogP contribution < -0.4 is 14.8 Å². The van der Waals surface area contributed by atoms with Gasteiger partial charge >= 0.3 is 5.97 Å². The van der Waals surface area contributed by atoms with E-state index < -0.39 is 5.97 Å². The Morgan fingerprint density at radius 1 is 0.917 bits per heavy atom. The molecular weight excluding hydrogens is 310 g/mol. The van der Waals surface area contributed by atoms with Crippen LogP contribution in [0.3, 0.4) is 0 Å². The third-order valence-electron chi connectivity index (χ3n) is 3.10. The van der Waals surface area contributed by atoms with Gasteiger partial charge in [0, 0.05) is 5.56 Å². The summed E-state index contributed by atoms with van der Waals surface area (Å²) in [5.41, 5.74) is 0.441. The molecule has 0 aliphatic heterocycles. The number of para-hydroxylation sites is 1. The Balaban J connectivity index is 1.64. The summed E-state index contributed by atoms with van der Waals surface area (Å²) >= 11 is 0. The Kier molecular flexibility index (Phi) is 6.64. The van der Waals surface area contributed by atoms with Crippen molar-refractivity contribution >= 4 is 11.9 Å². The monoisotopic (exact) mass is 329 g/mol. The average Bonchev–Trinajstić information content (AvgIpc) is 2.64. The van der Waals surface area contributed by atoms with Crippen LogP contribution in [-0.2, 0) is 9.53 Å². The van der Waals surface area contributed by atoms with Crippen molar-refractivity contribution < 1.29 is 23.8 Å². The summed E-state index contributed by atoms with van der Waals surface area (Å²) in [7, 11) is 1.55. The first kappa shape index (κ1) is 17.3. The van der Waals surface area contributed by atoms with E-state index in [4.69, 9.17) is 14.2 Å². The zero-order chi connectivity index (χ0) is 17.2. The van der Waals surface area contributed by atoms with Crippen LogP contribution in [0.25, 0.3) is 0 Å². The van der Waals surface area contributed by atoms with E-state index in [1.807, 2.05) is 30.3 Å². The highest BCUT2D eigenvalue weighted by Gasteiger charge is 2.09. The molecule has 0 aliphatic rings. The summed E-state index contributed by atoms with van der Waals surface area (Å²) in [5.74, 6) is 0.495. The molecule has 2 rings (SSSR count). The number of carbonyl (C=O) groups excluding carboxylic acids is 2. The highest BCUT2D eigenvalue weighted by Crippen LogP contribution is 2.11. The molecule has 0 unspecified atom stereocenters. The first-order chi connectivity index (χ1) is 11.7. The van der Waals surface area contributed by atoms with E-state index in [2.05, 4.69) is 5.32 Å². The Morgan fingerprint density at radius 2 is 1.62 bits per heavy atom. The van der Waals surface area contributed by atoms with Gasteiger partial charge in [0.2, 0.25) is 0 Å². The van der Waals surface area contributed by atoms with Gasteiger partial charge in [-0.3, -0.25) is 9.59 Å². The van der Waals surface area contributed by atoms with Gasteiger partial charge in [-0.25, -0.2) is 0 Å². The number of rotatable bonds is 8. The van der Waals surface area contributed by atoms with Gasteiger partial charge in [-0.05, 0) is 36.4 Å². The maximum Gasteiger partial charge on any atom is 0.325 e. The van der Waals surface area contributed by atoms with Crippen LogP contribution in [0.15, 0.2) is 54.6 Å². The van der Waals surface area contributed by atoms with Crippen molar-refractivity contribution in [3.05, 3.63) is 60.2 Å². The highest BCUT2D eigenvalue weighted by molar-refractivity contribution is 5.95. The number of methoxy groups -OCH3 is 1. The third-order valence-corrected chi connectivity index (χ3v) is 3.10. The minimum absolute atomic E-state index is 0.117. The quantitative estimate of drug-likeness (QED) is 0.593. The fourth-order valence-corrected chi connectivity index (χ4v) is 1.88. The number of benzene rings is 2. The molecule has 0 saturated heterocycles. The lowest BCUT2D eigenvalue weighted by Crippen LogP contribution is -2.31. The summed E-state index contributed by atoms with van der Waals surface area (Å²) in [6.07, 6.45) is 0. The zero-order valence-corrected chi connectivity index (χ0v) is 13.4. The SMILES string of the molecule is COc1ccc(C(=O)NCC(=O)OCCOc2ccccc2)cc1. The van der Waals surface area contributed by atoms with Crippen molar-refractivity contribution in [2.24, 2.45) is 0 Å². The summed E-state index contributed by atoms with van der Waals surface area (Å²) < 4.78 is 15.4. The minimum atomic E-state index is -0.520. The smallest absolute Gasteiger partial charge is 0.325 e. The fraction of sp³-hybridized carbons (Fsp3) is 0.222. The molecule has 2 aromatic rings. The zero-order valence-electron chi connectivity index (χ0n) is 13.4. The van der Waals surface area contributed by atoms with Gasteiger partial charge in [0.25, 0.3) is 5.91 Å². The van der Waals surface area contributed by atoms with Crippen LogP contribution in [-0.4, -0.2) is 38.7 Å². The molecule has 0 atom stereocenters. The molecule has 6 nitrogen and oxygen atoms in total. The molecule has 0 fully saturated rings. The molecule has 0 radical (unpaired) electrons. The third kappa shape index (κ3) is 5.64. The van der Waals surface area contributed by atoms with E-state index in [9.17, 15) is 9.59 Å². The Morgan fingerprint density at radius 3 is 2.29 bits per heavy atom. The van der Waals surface area contributed by atoms with Crippen molar-refractivity contribution in [1.82, 2.24) is 5.32 Å². The molecule has 0 bridgehead atoms. The number of carbonyl (C=O) groups is 2. The maximum absolute atomic E-state index is 11.9. The molecule has 0 aliphatic carbocycles. The molecule has 0 saturated carbocycles. The lowest BCUT2D eigenvalue weighted by molar-refractivity contribution is -0.143. The van der Waals surface area contributed by atoms with E-state index in [0.29, 0.717) is 17.1 Å².